The third kappa shape index (κ3) is 5.50. The zero-order chi connectivity index (χ0) is 22.5. The van der Waals surface area contributed by atoms with E-state index in [1.54, 1.807) is 11.8 Å². The lowest BCUT2D eigenvalue weighted by Crippen LogP contribution is -2.48. The van der Waals surface area contributed by atoms with Gasteiger partial charge in [-0.3, -0.25) is 4.79 Å². The van der Waals surface area contributed by atoms with Gasteiger partial charge in [-0.1, -0.05) is 75.7 Å². The first kappa shape index (κ1) is 22.8. The van der Waals surface area contributed by atoms with Gasteiger partial charge < -0.3 is 15.0 Å². The number of rotatable bonds is 7. The van der Waals surface area contributed by atoms with E-state index in [4.69, 9.17) is 4.74 Å². The van der Waals surface area contributed by atoms with Crippen molar-refractivity contribution in [1.29, 1.82) is 0 Å². The summed E-state index contributed by atoms with van der Waals surface area (Å²) in [5.74, 6) is 2.02. The molecule has 2 aromatic rings. The molecule has 0 bridgehead atoms. The van der Waals surface area contributed by atoms with Crippen LogP contribution in [0.3, 0.4) is 0 Å². The summed E-state index contributed by atoms with van der Waals surface area (Å²) in [6.45, 7) is 7.27. The van der Waals surface area contributed by atoms with Crippen LogP contribution in [0.25, 0.3) is 6.08 Å². The Morgan fingerprint density at radius 3 is 2.50 bits per heavy atom. The van der Waals surface area contributed by atoms with E-state index in [9.17, 15) is 4.79 Å². The van der Waals surface area contributed by atoms with Gasteiger partial charge in [0, 0.05) is 11.7 Å². The Morgan fingerprint density at radius 2 is 1.81 bits per heavy atom. The van der Waals surface area contributed by atoms with Crippen molar-refractivity contribution in [3.63, 3.8) is 0 Å². The molecule has 1 saturated heterocycles. The maximum atomic E-state index is 13.6. The molecule has 0 spiro atoms. The van der Waals surface area contributed by atoms with Gasteiger partial charge in [0.1, 0.15) is 5.75 Å². The van der Waals surface area contributed by atoms with Gasteiger partial charge in [-0.05, 0) is 60.6 Å². The summed E-state index contributed by atoms with van der Waals surface area (Å²) in [5.41, 5.74) is 1.98. The molecule has 2 fully saturated rings. The highest BCUT2D eigenvalue weighted by Crippen LogP contribution is 2.42. The lowest BCUT2D eigenvalue weighted by Gasteiger charge is -2.39. The Kier molecular flexibility index (Phi) is 7.46. The molecule has 0 radical (unpaired) electrons. The first-order chi connectivity index (χ1) is 15.5. The Labute approximate surface area is 196 Å². The maximum absolute atomic E-state index is 13.6. The van der Waals surface area contributed by atoms with Crippen molar-refractivity contribution in [2.75, 3.05) is 11.9 Å². The zero-order valence-electron chi connectivity index (χ0n) is 19.3. The summed E-state index contributed by atoms with van der Waals surface area (Å²) in [6, 6.07) is 18.5. The zero-order valence-corrected chi connectivity index (χ0v) is 20.1. The van der Waals surface area contributed by atoms with E-state index >= 15 is 0 Å². The van der Waals surface area contributed by atoms with Crippen LogP contribution >= 0.6 is 11.8 Å². The molecule has 1 unspecified atom stereocenters. The maximum Gasteiger partial charge on any atom is 0.262 e. The summed E-state index contributed by atoms with van der Waals surface area (Å²) < 4.78 is 5.79. The van der Waals surface area contributed by atoms with Crippen LogP contribution in [-0.4, -0.2) is 29.0 Å². The minimum Gasteiger partial charge on any atom is -0.493 e. The van der Waals surface area contributed by atoms with E-state index in [1.807, 2.05) is 48.5 Å². The summed E-state index contributed by atoms with van der Waals surface area (Å²) >= 11 is 1.63. The van der Waals surface area contributed by atoms with E-state index in [2.05, 4.69) is 43.1 Å². The fourth-order valence-corrected chi connectivity index (χ4v) is 5.65. The third-order valence-electron chi connectivity index (χ3n) is 6.19. The molecule has 1 saturated carbocycles. The number of nitrogens with zero attached hydrogens (tertiary/aromatic N) is 1. The first-order valence-corrected chi connectivity index (χ1v) is 12.6. The van der Waals surface area contributed by atoms with Crippen molar-refractivity contribution in [3.05, 3.63) is 65.1 Å². The normalized spacial score (nSPS) is 24.9. The molecule has 1 heterocycles. The molecular weight excluding hydrogens is 416 g/mol. The largest absolute Gasteiger partial charge is 0.493 e. The van der Waals surface area contributed by atoms with Crippen LogP contribution in [0.1, 0.15) is 52.0 Å². The number of hydrogen-bond acceptors (Lipinski definition) is 4. The van der Waals surface area contributed by atoms with Crippen LogP contribution in [-0.2, 0) is 4.79 Å². The lowest BCUT2D eigenvalue weighted by molar-refractivity contribution is -0.129. The highest BCUT2D eigenvalue weighted by atomic mass is 32.2. The molecule has 2 aromatic carbocycles. The Bertz CT molecular complexity index is 926. The van der Waals surface area contributed by atoms with Crippen molar-refractivity contribution >= 4 is 29.4 Å². The molecule has 4 nitrogen and oxygen atoms in total. The topological polar surface area (TPSA) is 41.6 Å². The molecule has 2 aliphatic rings. The van der Waals surface area contributed by atoms with E-state index in [-0.39, 0.29) is 17.4 Å². The first-order valence-electron chi connectivity index (χ1n) is 11.8. The quantitative estimate of drug-likeness (QED) is 0.482. The van der Waals surface area contributed by atoms with Gasteiger partial charge >= 0.3 is 0 Å². The number of amides is 1. The van der Waals surface area contributed by atoms with E-state index in [1.165, 1.54) is 19.3 Å². The average Bonchev–Trinajstić information content (AvgIpc) is 3.08. The van der Waals surface area contributed by atoms with Crippen molar-refractivity contribution in [2.45, 2.75) is 58.0 Å². The van der Waals surface area contributed by atoms with Gasteiger partial charge in [-0.25, -0.2) is 0 Å². The number of thioether (sulfide) groups is 1. The standard InChI is InChI=1S/C27H34N2O2S/c1-19(2)18-31-23-15-13-21(14-16-23)17-25-26(30)29(24-12-8-7-9-20(24)3)27(32-25)28-22-10-5-4-6-11-22/h4-6,10-11,13-17,19-20,24,27-28H,7-9,12,18H2,1-3H3/b25-17-/t20-,24+,27?/m0/s1. The van der Waals surface area contributed by atoms with Crippen molar-refractivity contribution in [1.82, 2.24) is 4.90 Å². The second-order valence-corrected chi connectivity index (χ2v) is 10.4. The third-order valence-corrected chi connectivity index (χ3v) is 7.30. The highest BCUT2D eigenvalue weighted by molar-refractivity contribution is 8.05. The van der Waals surface area contributed by atoms with Crippen LogP contribution in [0.15, 0.2) is 59.5 Å². The van der Waals surface area contributed by atoms with Gasteiger partial charge in [0.05, 0.1) is 11.5 Å². The lowest BCUT2D eigenvalue weighted by atomic mass is 9.85. The number of para-hydroxylation sites is 1. The molecule has 1 N–H and O–H groups in total. The number of anilines is 1. The molecule has 5 heteroatoms. The van der Waals surface area contributed by atoms with Gasteiger partial charge in [0.15, 0.2) is 5.50 Å². The van der Waals surface area contributed by atoms with Gasteiger partial charge in [0.25, 0.3) is 5.91 Å². The Morgan fingerprint density at radius 1 is 1.09 bits per heavy atom. The fourth-order valence-electron chi connectivity index (χ4n) is 4.44. The van der Waals surface area contributed by atoms with Gasteiger partial charge in [0.2, 0.25) is 0 Å². The fraction of sp³-hybridized carbons (Fsp3) is 0.444. The molecule has 32 heavy (non-hydrogen) atoms. The predicted molar refractivity (Wildman–Crippen MR) is 134 cm³/mol. The van der Waals surface area contributed by atoms with Gasteiger partial charge in [-0.15, -0.1) is 0 Å². The smallest absolute Gasteiger partial charge is 0.262 e. The summed E-state index contributed by atoms with van der Waals surface area (Å²) in [6.07, 6.45) is 6.74. The number of ether oxygens (including phenoxy) is 1. The van der Waals surface area contributed by atoms with E-state index in [0.29, 0.717) is 18.4 Å². The SMILES string of the molecule is CC(C)COc1ccc(/C=C2\SC(Nc3ccccc3)N([C@@H]3CCCC[C@@H]3C)C2=O)cc1. The molecule has 170 valence electrons. The molecule has 3 atom stereocenters. The number of benzene rings is 2. The number of nitrogens with one attached hydrogen (secondary N) is 1. The van der Waals surface area contributed by atoms with Crippen LogP contribution in [0.5, 0.6) is 5.75 Å². The molecule has 1 aliphatic carbocycles. The average molecular weight is 451 g/mol. The molecule has 1 aliphatic heterocycles. The predicted octanol–water partition coefficient (Wildman–Crippen LogP) is 6.61. The monoisotopic (exact) mass is 450 g/mol. The van der Waals surface area contributed by atoms with Crippen molar-refractivity contribution in [2.24, 2.45) is 11.8 Å². The molecule has 4 rings (SSSR count). The summed E-state index contributed by atoms with van der Waals surface area (Å²) in [7, 11) is 0. The second-order valence-electron chi connectivity index (χ2n) is 9.30. The Hall–Kier alpha value is -2.40. The molecule has 1 amide bonds. The summed E-state index contributed by atoms with van der Waals surface area (Å²) in [5, 5.41) is 3.60. The Balaban J connectivity index is 1.55. The molecule has 0 aromatic heterocycles. The molecular formula is C27H34N2O2S. The number of carbonyl (C=O) groups is 1. The van der Waals surface area contributed by atoms with Crippen LogP contribution in [0, 0.1) is 11.8 Å². The number of hydrogen-bond donors (Lipinski definition) is 1. The van der Waals surface area contributed by atoms with Crippen molar-refractivity contribution in [3.8, 4) is 5.75 Å². The van der Waals surface area contributed by atoms with Crippen molar-refractivity contribution < 1.29 is 9.53 Å². The van der Waals surface area contributed by atoms with Gasteiger partial charge in [-0.2, -0.15) is 0 Å². The number of carbonyl (C=O) groups excluding carboxylic acids is 1. The van der Waals surface area contributed by atoms with E-state index < -0.39 is 0 Å². The summed E-state index contributed by atoms with van der Waals surface area (Å²) in [4.78, 5) is 16.5. The minimum atomic E-state index is -0.0876. The highest BCUT2D eigenvalue weighted by Gasteiger charge is 2.42. The van der Waals surface area contributed by atoms with Crippen LogP contribution in [0.4, 0.5) is 5.69 Å². The van der Waals surface area contributed by atoms with Crippen LogP contribution < -0.4 is 10.1 Å². The minimum absolute atomic E-state index is 0.0876. The second kappa shape index (κ2) is 10.5. The van der Waals surface area contributed by atoms with E-state index in [0.717, 1.165) is 28.3 Å². The van der Waals surface area contributed by atoms with Crippen LogP contribution in [0.2, 0.25) is 0 Å².